The summed E-state index contributed by atoms with van der Waals surface area (Å²) >= 11 is 0. The number of aliphatic imine (C=N–C) groups is 1. The summed E-state index contributed by atoms with van der Waals surface area (Å²) in [5.41, 5.74) is 1.23. The highest BCUT2D eigenvalue weighted by Gasteiger charge is 2.32. The molecule has 2 unspecified atom stereocenters. The highest BCUT2D eigenvalue weighted by molar-refractivity contribution is 5.79. The fourth-order valence-corrected chi connectivity index (χ4v) is 3.10. The second kappa shape index (κ2) is 11.2. The number of hydrogen-bond acceptors (Lipinski definition) is 3. The average molecular weight is 361 g/mol. The van der Waals surface area contributed by atoms with Crippen LogP contribution in [0.4, 0.5) is 0 Å². The molecule has 2 rings (SSSR count). The van der Waals surface area contributed by atoms with Crippen molar-refractivity contribution >= 4 is 5.96 Å². The van der Waals surface area contributed by atoms with Crippen LogP contribution in [0.1, 0.15) is 44.8 Å². The fourth-order valence-electron chi connectivity index (χ4n) is 3.10. The molecule has 2 N–H and O–H groups in total. The molecule has 146 valence electrons. The number of ether oxygens (including phenoxy) is 1. The Balaban J connectivity index is 1.68. The normalized spacial score (nSPS) is 17.2. The van der Waals surface area contributed by atoms with Gasteiger partial charge < -0.3 is 20.3 Å². The lowest BCUT2D eigenvalue weighted by atomic mass is 10.1. The van der Waals surface area contributed by atoms with Gasteiger partial charge in [-0.15, -0.1) is 0 Å². The Morgan fingerprint density at radius 1 is 1.23 bits per heavy atom. The molecule has 1 saturated carbocycles. The Morgan fingerprint density at radius 2 is 1.96 bits per heavy atom. The molecule has 0 heterocycles. The summed E-state index contributed by atoms with van der Waals surface area (Å²) < 4.78 is 5.93. The van der Waals surface area contributed by atoms with E-state index in [0.717, 1.165) is 44.5 Å². The van der Waals surface area contributed by atoms with Crippen LogP contribution in [-0.2, 0) is 4.74 Å². The van der Waals surface area contributed by atoms with Crippen molar-refractivity contribution in [2.24, 2.45) is 10.9 Å². The molecule has 26 heavy (non-hydrogen) atoms. The number of guanidine groups is 1. The minimum absolute atomic E-state index is 0.137. The zero-order chi connectivity index (χ0) is 18.8. The van der Waals surface area contributed by atoms with E-state index in [0.29, 0.717) is 6.04 Å². The van der Waals surface area contributed by atoms with Crippen molar-refractivity contribution in [3.63, 3.8) is 0 Å². The Bertz CT molecular complexity index is 526. The van der Waals surface area contributed by atoms with Gasteiger partial charge in [0.2, 0.25) is 0 Å². The predicted octanol–water partition coefficient (Wildman–Crippen LogP) is 3.05. The molecule has 1 fully saturated rings. The minimum Gasteiger partial charge on any atom is -0.374 e. The molecular weight excluding hydrogens is 324 g/mol. The molecule has 0 bridgehead atoms. The van der Waals surface area contributed by atoms with E-state index in [1.54, 1.807) is 0 Å². The topological polar surface area (TPSA) is 48.9 Å². The Labute approximate surface area is 159 Å². The van der Waals surface area contributed by atoms with Crippen LogP contribution in [0.3, 0.4) is 0 Å². The van der Waals surface area contributed by atoms with Gasteiger partial charge in [-0.1, -0.05) is 30.3 Å². The highest BCUT2D eigenvalue weighted by Crippen LogP contribution is 2.34. The molecule has 0 aliphatic heterocycles. The van der Waals surface area contributed by atoms with Gasteiger partial charge in [-0.2, -0.15) is 0 Å². The summed E-state index contributed by atoms with van der Waals surface area (Å²) in [6.07, 6.45) is 3.79. The van der Waals surface area contributed by atoms with Crippen molar-refractivity contribution in [3.05, 3.63) is 35.9 Å². The molecule has 1 aliphatic rings. The first-order chi connectivity index (χ1) is 12.6. The van der Waals surface area contributed by atoms with Gasteiger partial charge in [-0.25, -0.2) is 0 Å². The third kappa shape index (κ3) is 7.34. The zero-order valence-electron chi connectivity index (χ0n) is 16.9. The largest absolute Gasteiger partial charge is 0.374 e. The van der Waals surface area contributed by atoms with E-state index in [9.17, 15) is 0 Å². The number of nitrogens with one attached hydrogen (secondary N) is 2. The van der Waals surface area contributed by atoms with Crippen LogP contribution < -0.4 is 10.6 Å². The van der Waals surface area contributed by atoms with Crippen molar-refractivity contribution < 1.29 is 4.74 Å². The quantitative estimate of drug-likeness (QED) is 0.362. The van der Waals surface area contributed by atoms with Crippen LogP contribution in [-0.4, -0.2) is 57.2 Å². The predicted molar refractivity (Wildman–Crippen MR) is 110 cm³/mol. The smallest absolute Gasteiger partial charge is 0.191 e. The molecule has 1 aromatic carbocycles. The highest BCUT2D eigenvalue weighted by atomic mass is 16.5. The fraction of sp³-hybridized carbons (Fsp3) is 0.667. The number of rotatable bonds is 11. The molecule has 0 radical (unpaired) electrons. The molecule has 0 spiro atoms. The van der Waals surface area contributed by atoms with E-state index < -0.39 is 0 Å². The van der Waals surface area contributed by atoms with Gasteiger partial charge in [0.15, 0.2) is 5.96 Å². The van der Waals surface area contributed by atoms with Crippen LogP contribution in [0.2, 0.25) is 0 Å². The summed E-state index contributed by atoms with van der Waals surface area (Å²) in [6, 6.07) is 10.9. The van der Waals surface area contributed by atoms with Crippen LogP contribution >= 0.6 is 0 Å². The monoisotopic (exact) mass is 360 g/mol. The van der Waals surface area contributed by atoms with E-state index in [1.165, 1.54) is 18.4 Å². The van der Waals surface area contributed by atoms with Crippen LogP contribution in [0.25, 0.3) is 0 Å². The summed E-state index contributed by atoms with van der Waals surface area (Å²) in [4.78, 5) is 7.10. The van der Waals surface area contributed by atoms with Gasteiger partial charge in [0, 0.05) is 25.7 Å². The lowest BCUT2D eigenvalue weighted by Gasteiger charge is -2.23. The molecule has 2 atom stereocenters. The number of likely N-dealkylation sites (N-methyl/N-ethyl adjacent to an activating group) is 1. The van der Waals surface area contributed by atoms with E-state index in [2.05, 4.69) is 67.7 Å². The summed E-state index contributed by atoms with van der Waals surface area (Å²) in [5, 5.41) is 6.77. The number of nitrogens with zero attached hydrogens (tertiary/aromatic N) is 2. The van der Waals surface area contributed by atoms with E-state index >= 15 is 0 Å². The second-order valence-corrected chi connectivity index (χ2v) is 7.29. The van der Waals surface area contributed by atoms with Crippen molar-refractivity contribution in [2.75, 3.05) is 40.3 Å². The minimum atomic E-state index is 0.137. The summed E-state index contributed by atoms with van der Waals surface area (Å²) in [6.45, 7) is 7.55. The SMILES string of the molecule is CCNC(=NCC(C1CC1)N(C)C)NCCCOC(C)c1ccccc1. The van der Waals surface area contributed by atoms with E-state index in [-0.39, 0.29) is 6.10 Å². The molecule has 0 saturated heterocycles. The zero-order valence-corrected chi connectivity index (χ0v) is 16.9. The lowest BCUT2D eigenvalue weighted by Crippen LogP contribution is -2.40. The maximum absolute atomic E-state index is 5.93. The Hall–Kier alpha value is -1.59. The molecule has 1 aromatic rings. The molecule has 0 amide bonds. The van der Waals surface area contributed by atoms with Crippen LogP contribution in [0.15, 0.2) is 35.3 Å². The molecule has 5 nitrogen and oxygen atoms in total. The first-order valence-electron chi connectivity index (χ1n) is 9.97. The first-order valence-corrected chi connectivity index (χ1v) is 9.97. The third-order valence-electron chi connectivity index (χ3n) is 4.86. The van der Waals surface area contributed by atoms with Crippen molar-refractivity contribution in [1.82, 2.24) is 15.5 Å². The third-order valence-corrected chi connectivity index (χ3v) is 4.86. The average Bonchev–Trinajstić information content (AvgIpc) is 3.46. The lowest BCUT2D eigenvalue weighted by molar-refractivity contribution is 0.0646. The first kappa shape index (κ1) is 20.7. The molecule has 0 aromatic heterocycles. The van der Waals surface area contributed by atoms with E-state index in [4.69, 9.17) is 9.73 Å². The molecule has 1 aliphatic carbocycles. The number of hydrogen-bond donors (Lipinski definition) is 2. The summed E-state index contributed by atoms with van der Waals surface area (Å²) in [5.74, 6) is 1.74. The van der Waals surface area contributed by atoms with Gasteiger partial charge in [0.05, 0.1) is 12.6 Å². The van der Waals surface area contributed by atoms with Crippen LogP contribution in [0, 0.1) is 5.92 Å². The van der Waals surface area contributed by atoms with Gasteiger partial charge in [0.1, 0.15) is 0 Å². The maximum atomic E-state index is 5.93. The Morgan fingerprint density at radius 3 is 2.58 bits per heavy atom. The summed E-state index contributed by atoms with van der Waals surface area (Å²) in [7, 11) is 4.31. The van der Waals surface area contributed by atoms with Gasteiger partial charge >= 0.3 is 0 Å². The molecule has 5 heteroatoms. The van der Waals surface area contributed by atoms with Gasteiger partial charge in [0.25, 0.3) is 0 Å². The van der Waals surface area contributed by atoms with Crippen molar-refractivity contribution in [3.8, 4) is 0 Å². The second-order valence-electron chi connectivity index (χ2n) is 7.29. The van der Waals surface area contributed by atoms with E-state index in [1.807, 2.05) is 6.07 Å². The van der Waals surface area contributed by atoms with Crippen molar-refractivity contribution in [1.29, 1.82) is 0 Å². The van der Waals surface area contributed by atoms with Crippen LogP contribution in [0.5, 0.6) is 0 Å². The van der Waals surface area contributed by atoms with Gasteiger partial charge in [-0.3, -0.25) is 4.99 Å². The number of benzene rings is 1. The molecular formula is C21H36N4O. The van der Waals surface area contributed by atoms with Crippen molar-refractivity contribution in [2.45, 2.75) is 45.3 Å². The van der Waals surface area contributed by atoms with Gasteiger partial charge in [-0.05, 0) is 58.7 Å². The standard InChI is InChI=1S/C21H36N4O/c1-5-22-21(24-16-20(25(3)4)19-12-13-19)23-14-9-15-26-17(2)18-10-7-6-8-11-18/h6-8,10-11,17,19-20H,5,9,12-16H2,1-4H3,(H2,22,23,24). The Kier molecular flexibility index (Phi) is 8.92. The maximum Gasteiger partial charge on any atom is 0.191 e.